The molecule has 1 fully saturated rings. The third-order valence-corrected chi connectivity index (χ3v) is 4.43. The molecule has 5 heteroatoms. The van der Waals surface area contributed by atoms with E-state index in [0.29, 0.717) is 17.2 Å². The SMILES string of the molecule is Nc1cc(Cl)c(Cl)c(C(=O)NC2CC2c2ccccc2)c1. The molecule has 1 aliphatic carbocycles. The Hall–Kier alpha value is -1.71. The molecule has 1 aliphatic rings. The largest absolute Gasteiger partial charge is 0.399 e. The van der Waals surface area contributed by atoms with Gasteiger partial charge in [-0.1, -0.05) is 53.5 Å². The van der Waals surface area contributed by atoms with Gasteiger partial charge in [-0.3, -0.25) is 4.79 Å². The number of hydrogen-bond donors (Lipinski definition) is 2. The molecule has 0 saturated heterocycles. The van der Waals surface area contributed by atoms with Gasteiger partial charge in [0.05, 0.1) is 15.6 Å². The fourth-order valence-corrected chi connectivity index (χ4v) is 2.87. The molecule has 3 rings (SSSR count). The molecule has 2 atom stereocenters. The number of benzene rings is 2. The Morgan fingerprint density at radius 2 is 1.90 bits per heavy atom. The number of carbonyl (C=O) groups excluding carboxylic acids is 1. The Bertz CT molecular complexity index is 688. The van der Waals surface area contributed by atoms with Crippen molar-refractivity contribution in [1.29, 1.82) is 0 Å². The minimum atomic E-state index is -0.238. The van der Waals surface area contributed by atoms with Gasteiger partial charge in [0.25, 0.3) is 5.91 Å². The van der Waals surface area contributed by atoms with E-state index < -0.39 is 0 Å². The first-order valence-electron chi connectivity index (χ1n) is 6.66. The van der Waals surface area contributed by atoms with Crippen LogP contribution < -0.4 is 11.1 Å². The minimum Gasteiger partial charge on any atom is -0.399 e. The summed E-state index contributed by atoms with van der Waals surface area (Å²) < 4.78 is 0. The van der Waals surface area contributed by atoms with Crippen LogP contribution in [0.2, 0.25) is 10.0 Å². The summed E-state index contributed by atoms with van der Waals surface area (Å²) in [6.07, 6.45) is 0.934. The lowest BCUT2D eigenvalue weighted by Crippen LogP contribution is -2.27. The first-order chi connectivity index (χ1) is 10.1. The zero-order valence-electron chi connectivity index (χ0n) is 11.1. The van der Waals surface area contributed by atoms with Crippen molar-refractivity contribution in [2.45, 2.75) is 18.4 Å². The van der Waals surface area contributed by atoms with Gasteiger partial charge >= 0.3 is 0 Å². The van der Waals surface area contributed by atoms with Crippen molar-refractivity contribution in [3.05, 3.63) is 63.6 Å². The van der Waals surface area contributed by atoms with Gasteiger partial charge < -0.3 is 11.1 Å². The minimum absolute atomic E-state index is 0.135. The maximum absolute atomic E-state index is 12.3. The molecule has 108 valence electrons. The van der Waals surface area contributed by atoms with Crippen LogP contribution in [0, 0.1) is 0 Å². The third-order valence-electron chi connectivity index (χ3n) is 3.63. The van der Waals surface area contributed by atoms with Crippen molar-refractivity contribution in [2.24, 2.45) is 0 Å². The van der Waals surface area contributed by atoms with Crippen LogP contribution in [-0.2, 0) is 0 Å². The number of anilines is 1. The zero-order chi connectivity index (χ0) is 15.0. The number of amides is 1. The molecule has 0 spiro atoms. The maximum atomic E-state index is 12.3. The molecule has 2 unspecified atom stereocenters. The smallest absolute Gasteiger partial charge is 0.253 e. The van der Waals surface area contributed by atoms with Crippen LogP contribution in [0.4, 0.5) is 5.69 Å². The van der Waals surface area contributed by atoms with Crippen LogP contribution >= 0.6 is 23.2 Å². The van der Waals surface area contributed by atoms with Crippen LogP contribution in [0.25, 0.3) is 0 Å². The van der Waals surface area contributed by atoms with Crippen molar-refractivity contribution < 1.29 is 4.79 Å². The highest BCUT2D eigenvalue weighted by Gasteiger charge is 2.39. The lowest BCUT2D eigenvalue weighted by atomic mass is 10.1. The zero-order valence-corrected chi connectivity index (χ0v) is 12.7. The van der Waals surface area contributed by atoms with E-state index in [0.717, 1.165) is 6.42 Å². The fourth-order valence-electron chi connectivity index (χ4n) is 2.44. The quantitative estimate of drug-likeness (QED) is 0.844. The van der Waals surface area contributed by atoms with E-state index in [1.807, 2.05) is 18.2 Å². The van der Waals surface area contributed by atoms with Crippen molar-refractivity contribution in [1.82, 2.24) is 5.32 Å². The average molecular weight is 321 g/mol. The van der Waals surface area contributed by atoms with Crippen LogP contribution in [0.5, 0.6) is 0 Å². The summed E-state index contributed by atoms with van der Waals surface area (Å²) in [4.78, 5) is 12.3. The summed E-state index contributed by atoms with van der Waals surface area (Å²) in [6, 6.07) is 13.3. The Kier molecular flexibility index (Phi) is 3.79. The van der Waals surface area contributed by atoms with Gasteiger partial charge in [0, 0.05) is 17.6 Å². The second kappa shape index (κ2) is 5.58. The maximum Gasteiger partial charge on any atom is 0.253 e. The predicted molar refractivity (Wildman–Crippen MR) is 85.9 cm³/mol. The number of nitrogens with one attached hydrogen (secondary N) is 1. The summed E-state index contributed by atoms with van der Waals surface area (Å²) in [6.45, 7) is 0. The molecule has 0 heterocycles. The highest BCUT2D eigenvalue weighted by atomic mass is 35.5. The molecule has 1 amide bonds. The number of nitrogen functional groups attached to an aromatic ring is 1. The van der Waals surface area contributed by atoms with Crippen molar-refractivity contribution in [3.63, 3.8) is 0 Å². The first-order valence-corrected chi connectivity index (χ1v) is 7.42. The van der Waals surface area contributed by atoms with E-state index in [1.165, 1.54) is 11.6 Å². The van der Waals surface area contributed by atoms with E-state index >= 15 is 0 Å². The highest BCUT2D eigenvalue weighted by molar-refractivity contribution is 6.44. The van der Waals surface area contributed by atoms with Gasteiger partial charge in [0.2, 0.25) is 0 Å². The highest BCUT2D eigenvalue weighted by Crippen LogP contribution is 2.41. The first kappa shape index (κ1) is 14.2. The molecule has 0 bridgehead atoms. The summed E-state index contributed by atoms with van der Waals surface area (Å²) in [5.41, 5.74) is 7.68. The molecule has 0 radical (unpaired) electrons. The van der Waals surface area contributed by atoms with Crippen molar-refractivity contribution in [3.8, 4) is 0 Å². The van der Waals surface area contributed by atoms with E-state index in [1.54, 1.807) is 6.07 Å². The average Bonchev–Trinajstić information content (AvgIpc) is 3.23. The van der Waals surface area contributed by atoms with Gasteiger partial charge in [-0.15, -0.1) is 0 Å². The molecule has 21 heavy (non-hydrogen) atoms. The van der Waals surface area contributed by atoms with Crippen LogP contribution in [0.15, 0.2) is 42.5 Å². The number of rotatable bonds is 3. The molecule has 2 aromatic rings. The van der Waals surface area contributed by atoms with E-state index in [-0.39, 0.29) is 22.0 Å². The van der Waals surface area contributed by atoms with Crippen LogP contribution in [0.1, 0.15) is 28.3 Å². The van der Waals surface area contributed by atoms with Gasteiger partial charge in [-0.05, 0) is 24.1 Å². The van der Waals surface area contributed by atoms with Crippen molar-refractivity contribution in [2.75, 3.05) is 5.73 Å². The second-order valence-electron chi connectivity index (χ2n) is 5.20. The molecule has 0 aliphatic heterocycles. The Labute approximate surface area is 133 Å². The van der Waals surface area contributed by atoms with Gasteiger partial charge in [0.1, 0.15) is 0 Å². The fraction of sp³-hybridized carbons (Fsp3) is 0.188. The Balaban J connectivity index is 1.72. The van der Waals surface area contributed by atoms with Crippen LogP contribution in [0.3, 0.4) is 0 Å². The summed E-state index contributed by atoms with van der Waals surface area (Å²) >= 11 is 12.0. The van der Waals surface area contributed by atoms with E-state index in [4.69, 9.17) is 28.9 Å². The molecule has 1 saturated carbocycles. The van der Waals surface area contributed by atoms with Gasteiger partial charge in [-0.2, -0.15) is 0 Å². The van der Waals surface area contributed by atoms with Gasteiger partial charge in [0.15, 0.2) is 0 Å². The molecule has 2 aromatic carbocycles. The van der Waals surface area contributed by atoms with E-state index in [9.17, 15) is 4.79 Å². The second-order valence-corrected chi connectivity index (χ2v) is 5.98. The van der Waals surface area contributed by atoms with Crippen molar-refractivity contribution >= 4 is 34.8 Å². The predicted octanol–water partition coefficient (Wildman–Crippen LogP) is 3.86. The lowest BCUT2D eigenvalue weighted by molar-refractivity contribution is 0.0950. The standard InChI is InChI=1S/C16H14Cl2N2O/c17-13-7-10(19)6-12(15(13)18)16(21)20-14-8-11(14)9-4-2-1-3-5-9/h1-7,11,14H,8,19H2,(H,20,21). The lowest BCUT2D eigenvalue weighted by Gasteiger charge is -2.09. The number of halogens is 2. The molecule has 3 nitrogen and oxygen atoms in total. The molecule has 0 aromatic heterocycles. The third kappa shape index (κ3) is 2.99. The summed E-state index contributed by atoms with van der Waals surface area (Å²) in [5.74, 6) is 0.128. The van der Waals surface area contributed by atoms with Crippen LogP contribution in [-0.4, -0.2) is 11.9 Å². The topological polar surface area (TPSA) is 55.1 Å². The molecule has 3 N–H and O–H groups in total. The molecular weight excluding hydrogens is 307 g/mol. The van der Waals surface area contributed by atoms with Gasteiger partial charge in [-0.25, -0.2) is 0 Å². The summed E-state index contributed by atoms with van der Waals surface area (Å²) in [7, 11) is 0. The number of nitrogens with two attached hydrogens (primary N) is 1. The number of carbonyl (C=O) groups is 1. The monoisotopic (exact) mass is 320 g/mol. The normalized spacial score (nSPS) is 20.1. The summed E-state index contributed by atoms with van der Waals surface area (Å²) in [5, 5.41) is 3.50. The Morgan fingerprint density at radius 3 is 2.62 bits per heavy atom. The number of hydrogen-bond acceptors (Lipinski definition) is 2. The van der Waals surface area contributed by atoms with E-state index in [2.05, 4.69) is 17.4 Å². The Morgan fingerprint density at radius 1 is 1.19 bits per heavy atom. The molecular formula is C16H14Cl2N2O.